The lowest BCUT2D eigenvalue weighted by molar-refractivity contribution is -0.142. The summed E-state index contributed by atoms with van der Waals surface area (Å²) >= 11 is 0. The number of amides is 1. The van der Waals surface area contributed by atoms with E-state index in [1.807, 2.05) is 0 Å². The number of hydrogen-bond donors (Lipinski definition) is 2. The molecule has 1 amide bonds. The Bertz CT molecular complexity index is 350. The summed E-state index contributed by atoms with van der Waals surface area (Å²) in [6, 6.07) is 0. The van der Waals surface area contributed by atoms with Crippen LogP contribution in [0.4, 0.5) is 0 Å². The van der Waals surface area contributed by atoms with Crippen LogP contribution in [0.5, 0.6) is 0 Å². The lowest BCUT2D eigenvalue weighted by Crippen LogP contribution is -2.55. The van der Waals surface area contributed by atoms with Gasteiger partial charge in [0, 0.05) is 19.8 Å². The van der Waals surface area contributed by atoms with E-state index in [0.29, 0.717) is 38.6 Å². The molecular formula is C15H27NO5. The highest BCUT2D eigenvalue weighted by molar-refractivity contribution is 5.82. The molecule has 0 aromatic heterocycles. The molecule has 0 spiro atoms. The van der Waals surface area contributed by atoms with Crippen molar-refractivity contribution in [1.82, 2.24) is 5.32 Å². The van der Waals surface area contributed by atoms with Crippen LogP contribution in [0.2, 0.25) is 0 Å². The van der Waals surface area contributed by atoms with Gasteiger partial charge in [0.2, 0.25) is 5.91 Å². The summed E-state index contributed by atoms with van der Waals surface area (Å²) in [4.78, 5) is 23.3. The number of carbonyl (C=O) groups is 2. The second kappa shape index (κ2) is 8.34. The van der Waals surface area contributed by atoms with Crippen LogP contribution >= 0.6 is 0 Å². The van der Waals surface area contributed by atoms with Gasteiger partial charge in [-0.15, -0.1) is 0 Å². The zero-order chi connectivity index (χ0) is 15.9. The van der Waals surface area contributed by atoms with Crippen LogP contribution in [0.25, 0.3) is 0 Å². The Morgan fingerprint density at radius 2 is 1.90 bits per heavy atom. The Balaban J connectivity index is 2.53. The van der Waals surface area contributed by atoms with Gasteiger partial charge in [-0.25, -0.2) is 0 Å². The normalized spacial score (nSPS) is 19.2. The van der Waals surface area contributed by atoms with Crippen molar-refractivity contribution in [2.24, 2.45) is 5.92 Å². The average Bonchev–Trinajstić information content (AvgIpc) is 2.37. The second-order valence-electron chi connectivity index (χ2n) is 6.15. The Morgan fingerprint density at radius 3 is 2.43 bits per heavy atom. The van der Waals surface area contributed by atoms with Crippen LogP contribution < -0.4 is 5.32 Å². The number of ether oxygens (including phenoxy) is 2. The van der Waals surface area contributed by atoms with Crippen LogP contribution in [-0.4, -0.2) is 48.4 Å². The minimum atomic E-state index is -0.912. The van der Waals surface area contributed by atoms with E-state index >= 15 is 0 Å². The third-order valence-corrected chi connectivity index (χ3v) is 3.76. The maximum absolute atomic E-state index is 12.2. The quantitative estimate of drug-likeness (QED) is 0.711. The molecule has 6 heteroatoms. The van der Waals surface area contributed by atoms with Crippen LogP contribution in [0, 0.1) is 5.92 Å². The van der Waals surface area contributed by atoms with Crippen LogP contribution in [-0.2, 0) is 19.1 Å². The van der Waals surface area contributed by atoms with Gasteiger partial charge in [-0.3, -0.25) is 9.59 Å². The molecule has 1 aliphatic heterocycles. The minimum Gasteiger partial charge on any atom is -0.481 e. The predicted octanol–water partition coefficient (Wildman–Crippen LogP) is 1.58. The largest absolute Gasteiger partial charge is 0.481 e. The average molecular weight is 301 g/mol. The zero-order valence-corrected chi connectivity index (χ0v) is 13.2. The van der Waals surface area contributed by atoms with Crippen molar-refractivity contribution < 1.29 is 24.2 Å². The molecular weight excluding hydrogens is 274 g/mol. The van der Waals surface area contributed by atoms with Crippen molar-refractivity contribution in [2.45, 2.75) is 58.1 Å². The van der Waals surface area contributed by atoms with Gasteiger partial charge in [-0.2, -0.15) is 0 Å². The van der Waals surface area contributed by atoms with Gasteiger partial charge in [0.05, 0.1) is 12.0 Å². The topological polar surface area (TPSA) is 84.9 Å². The summed E-state index contributed by atoms with van der Waals surface area (Å²) < 4.78 is 10.8. The van der Waals surface area contributed by atoms with E-state index in [4.69, 9.17) is 14.6 Å². The van der Waals surface area contributed by atoms with E-state index in [1.165, 1.54) is 0 Å². The highest BCUT2D eigenvalue weighted by Gasteiger charge is 2.37. The van der Waals surface area contributed by atoms with Crippen molar-refractivity contribution in [2.75, 3.05) is 19.8 Å². The molecule has 1 rings (SSSR count). The number of aliphatic carboxylic acids is 1. The Hall–Kier alpha value is -1.14. The maximum Gasteiger partial charge on any atom is 0.305 e. The number of rotatable bonds is 8. The first-order valence-electron chi connectivity index (χ1n) is 7.58. The fraction of sp³-hybridized carbons (Fsp3) is 0.867. The zero-order valence-electron chi connectivity index (χ0n) is 13.2. The number of carboxylic acid groups (broad SMARTS) is 1. The van der Waals surface area contributed by atoms with Crippen LogP contribution in [0.1, 0.15) is 46.5 Å². The van der Waals surface area contributed by atoms with Gasteiger partial charge in [-0.05, 0) is 32.1 Å². The van der Waals surface area contributed by atoms with Crippen molar-refractivity contribution in [1.29, 1.82) is 0 Å². The minimum absolute atomic E-state index is 0.0825. The van der Waals surface area contributed by atoms with Crippen LogP contribution in [0.15, 0.2) is 0 Å². The molecule has 0 aliphatic carbocycles. The first kappa shape index (κ1) is 17.9. The SMILES string of the molecule is CC(C)CCOC(C)C(=O)NC1(CC(=O)O)CCOCC1. The van der Waals surface area contributed by atoms with Crippen molar-refractivity contribution in [3.8, 4) is 0 Å². The third-order valence-electron chi connectivity index (χ3n) is 3.76. The lowest BCUT2D eigenvalue weighted by atomic mass is 9.86. The first-order chi connectivity index (χ1) is 9.84. The van der Waals surface area contributed by atoms with E-state index in [1.54, 1.807) is 6.92 Å². The third kappa shape index (κ3) is 6.44. The fourth-order valence-corrected chi connectivity index (χ4v) is 2.32. The number of carbonyl (C=O) groups excluding carboxylic acids is 1. The second-order valence-corrected chi connectivity index (χ2v) is 6.15. The van der Waals surface area contributed by atoms with E-state index in [2.05, 4.69) is 19.2 Å². The van der Waals surface area contributed by atoms with E-state index in [9.17, 15) is 9.59 Å². The maximum atomic E-state index is 12.2. The first-order valence-corrected chi connectivity index (χ1v) is 7.58. The van der Waals surface area contributed by atoms with Gasteiger partial charge < -0.3 is 19.9 Å². The standard InChI is InChI=1S/C15H27NO5/c1-11(2)4-7-21-12(3)14(19)16-15(10-13(17)18)5-8-20-9-6-15/h11-12H,4-10H2,1-3H3,(H,16,19)(H,17,18). The highest BCUT2D eigenvalue weighted by atomic mass is 16.5. The summed E-state index contributed by atoms with van der Waals surface area (Å²) in [6.07, 6.45) is 1.28. The molecule has 0 radical (unpaired) electrons. The van der Waals surface area contributed by atoms with Crippen LogP contribution in [0.3, 0.4) is 0 Å². The number of hydrogen-bond acceptors (Lipinski definition) is 4. The summed E-state index contributed by atoms with van der Waals surface area (Å²) in [6.45, 7) is 7.35. The number of carboxylic acids is 1. The monoisotopic (exact) mass is 301 g/mol. The summed E-state index contributed by atoms with van der Waals surface area (Å²) in [5.41, 5.74) is -0.711. The summed E-state index contributed by atoms with van der Waals surface area (Å²) in [7, 11) is 0. The molecule has 1 fully saturated rings. The van der Waals surface area contributed by atoms with Gasteiger partial charge >= 0.3 is 5.97 Å². The molecule has 6 nitrogen and oxygen atoms in total. The van der Waals surface area contributed by atoms with E-state index in [0.717, 1.165) is 6.42 Å². The molecule has 1 unspecified atom stereocenters. The van der Waals surface area contributed by atoms with Gasteiger partial charge in [0.1, 0.15) is 6.10 Å². The predicted molar refractivity (Wildman–Crippen MR) is 78.0 cm³/mol. The Labute approximate surface area is 126 Å². The highest BCUT2D eigenvalue weighted by Crippen LogP contribution is 2.25. The Morgan fingerprint density at radius 1 is 1.29 bits per heavy atom. The summed E-state index contributed by atoms with van der Waals surface area (Å²) in [5, 5.41) is 11.9. The molecule has 0 saturated carbocycles. The number of nitrogens with one attached hydrogen (secondary N) is 1. The van der Waals surface area contributed by atoms with E-state index in [-0.39, 0.29) is 12.3 Å². The molecule has 1 atom stereocenters. The van der Waals surface area contributed by atoms with Crippen molar-refractivity contribution in [3.05, 3.63) is 0 Å². The summed E-state index contributed by atoms with van der Waals surface area (Å²) in [5.74, 6) is -0.637. The molecule has 1 aliphatic rings. The van der Waals surface area contributed by atoms with Crippen molar-refractivity contribution in [3.63, 3.8) is 0 Å². The molecule has 0 aromatic carbocycles. The van der Waals surface area contributed by atoms with Crippen molar-refractivity contribution >= 4 is 11.9 Å². The molecule has 0 aromatic rings. The van der Waals surface area contributed by atoms with Gasteiger partial charge in [0.15, 0.2) is 0 Å². The molecule has 122 valence electrons. The fourth-order valence-electron chi connectivity index (χ4n) is 2.32. The Kier molecular flexibility index (Phi) is 7.11. The molecule has 2 N–H and O–H groups in total. The molecule has 1 saturated heterocycles. The smallest absolute Gasteiger partial charge is 0.305 e. The van der Waals surface area contributed by atoms with E-state index < -0.39 is 17.6 Å². The molecule has 1 heterocycles. The molecule has 0 bridgehead atoms. The van der Waals surface area contributed by atoms with Gasteiger partial charge in [-0.1, -0.05) is 13.8 Å². The molecule has 21 heavy (non-hydrogen) atoms. The van der Waals surface area contributed by atoms with Gasteiger partial charge in [0.25, 0.3) is 0 Å². The lowest BCUT2D eigenvalue weighted by Gasteiger charge is -2.37.